The Morgan fingerprint density at radius 3 is 2.65 bits per heavy atom. The molecule has 182 valence electrons. The van der Waals surface area contributed by atoms with Crippen LogP contribution in [0.5, 0.6) is 5.75 Å². The number of phenols is 1. The second-order valence-corrected chi connectivity index (χ2v) is 8.81. The number of alkyl halides is 3. The zero-order valence-corrected chi connectivity index (χ0v) is 18.4. The molecule has 1 aromatic carbocycles. The molecule has 3 aromatic rings. The van der Waals surface area contributed by atoms with E-state index in [0.29, 0.717) is 29.6 Å². The number of aromatic nitrogens is 3. The van der Waals surface area contributed by atoms with E-state index in [4.69, 9.17) is 4.74 Å². The predicted molar refractivity (Wildman–Crippen MR) is 117 cm³/mol. The van der Waals surface area contributed by atoms with Gasteiger partial charge in [0.1, 0.15) is 17.3 Å². The Hall–Kier alpha value is -2.92. The summed E-state index contributed by atoms with van der Waals surface area (Å²) in [6.45, 7) is 3.46. The molecule has 4 heterocycles. The van der Waals surface area contributed by atoms with Crippen LogP contribution < -0.4 is 5.32 Å². The number of rotatable bonds is 4. The minimum absolute atomic E-state index is 0.0354. The number of phenolic OH excluding ortho intramolecular Hbond substituents is 1. The van der Waals surface area contributed by atoms with Crippen LogP contribution in [0, 0.1) is 5.82 Å². The van der Waals surface area contributed by atoms with E-state index >= 15 is 0 Å². The number of aromatic hydroxyl groups is 1. The van der Waals surface area contributed by atoms with E-state index in [2.05, 4.69) is 20.4 Å². The lowest BCUT2D eigenvalue weighted by Crippen LogP contribution is -2.49. The Morgan fingerprint density at radius 1 is 1.12 bits per heavy atom. The molecular formula is C23H25F4N5O2. The summed E-state index contributed by atoms with van der Waals surface area (Å²) in [6, 6.07) is 4.86. The van der Waals surface area contributed by atoms with Crippen molar-refractivity contribution in [1.82, 2.24) is 19.5 Å². The summed E-state index contributed by atoms with van der Waals surface area (Å²) in [4.78, 5) is 2.48. The molecule has 0 spiro atoms. The molecule has 0 radical (unpaired) electrons. The molecule has 2 fully saturated rings. The first kappa shape index (κ1) is 22.9. The third kappa shape index (κ3) is 4.41. The van der Waals surface area contributed by atoms with Crippen LogP contribution in [0.25, 0.3) is 16.8 Å². The molecule has 11 heteroatoms. The Kier molecular flexibility index (Phi) is 6.07. The average Bonchev–Trinajstić information content (AvgIpc) is 3.31. The quantitative estimate of drug-likeness (QED) is 0.543. The Bertz CT molecular complexity index is 1150. The van der Waals surface area contributed by atoms with E-state index in [1.54, 1.807) is 22.7 Å². The molecule has 2 aliphatic heterocycles. The van der Waals surface area contributed by atoms with E-state index in [1.807, 2.05) is 0 Å². The van der Waals surface area contributed by atoms with Crippen molar-refractivity contribution in [3.05, 3.63) is 41.8 Å². The number of hydrogen-bond donors (Lipinski definition) is 2. The van der Waals surface area contributed by atoms with Crippen LogP contribution in [0.15, 0.2) is 30.5 Å². The molecule has 2 saturated heterocycles. The van der Waals surface area contributed by atoms with E-state index in [9.17, 15) is 22.7 Å². The monoisotopic (exact) mass is 479 g/mol. The maximum Gasteiger partial charge on any atom is 0.416 e. The molecule has 0 amide bonds. The summed E-state index contributed by atoms with van der Waals surface area (Å²) in [5, 5.41) is 21.9. The maximum atomic E-state index is 14.7. The van der Waals surface area contributed by atoms with Gasteiger partial charge < -0.3 is 15.2 Å². The molecule has 2 N–H and O–H groups in total. The summed E-state index contributed by atoms with van der Waals surface area (Å²) in [5.41, 5.74) is -1.30. The van der Waals surface area contributed by atoms with Gasteiger partial charge in [-0.1, -0.05) is 0 Å². The molecule has 0 aliphatic carbocycles. The number of nitrogens with one attached hydrogen (secondary N) is 1. The minimum atomic E-state index is -4.78. The van der Waals surface area contributed by atoms with Gasteiger partial charge >= 0.3 is 6.18 Å². The SMILES string of the molecule is Oc1cc(C(F)(F)F)cc(F)c1-c1nnc(N[C@@H]2CCCN(C3CCOCC3)C2)n2cccc12. The van der Waals surface area contributed by atoms with Crippen molar-refractivity contribution in [3.8, 4) is 17.0 Å². The van der Waals surface area contributed by atoms with Crippen molar-refractivity contribution in [1.29, 1.82) is 0 Å². The molecule has 7 nitrogen and oxygen atoms in total. The van der Waals surface area contributed by atoms with Crippen molar-refractivity contribution in [2.24, 2.45) is 0 Å². The number of benzene rings is 1. The van der Waals surface area contributed by atoms with Crippen LogP contribution in [0.3, 0.4) is 0 Å². The van der Waals surface area contributed by atoms with Gasteiger partial charge in [-0.15, -0.1) is 10.2 Å². The number of nitrogens with zero attached hydrogens (tertiary/aromatic N) is 4. The second kappa shape index (κ2) is 9.03. The van der Waals surface area contributed by atoms with Crippen LogP contribution in [-0.2, 0) is 10.9 Å². The van der Waals surface area contributed by atoms with Gasteiger partial charge in [-0.2, -0.15) is 13.2 Å². The van der Waals surface area contributed by atoms with Crippen LogP contribution in [0.1, 0.15) is 31.2 Å². The summed E-state index contributed by atoms with van der Waals surface area (Å²) in [7, 11) is 0. The third-order valence-electron chi connectivity index (χ3n) is 6.59. The van der Waals surface area contributed by atoms with E-state index in [0.717, 1.165) is 52.0 Å². The number of halogens is 4. The molecular weight excluding hydrogens is 454 g/mol. The minimum Gasteiger partial charge on any atom is -0.507 e. The predicted octanol–water partition coefficient (Wildman–Crippen LogP) is 4.32. The first-order chi connectivity index (χ1) is 16.3. The smallest absolute Gasteiger partial charge is 0.416 e. The van der Waals surface area contributed by atoms with Crippen molar-refractivity contribution >= 4 is 11.5 Å². The van der Waals surface area contributed by atoms with E-state index in [-0.39, 0.29) is 11.7 Å². The van der Waals surface area contributed by atoms with Gasteiger partial charge in [0.2, 0.25) is 5.95 Å². The van der Waals surface area contributed by atoms with Gasteiger partial charge in [-0.05, 0) is 56.5 Å². The van der Waals surface area contributed by atoms with Gasteiger partial charge in [0, 0.05) is 38.0 Å². The lowest BCUT2D eigenvalue weighted by molar-refractivity contribution is -0.137. The number of likely N-dealkylation sites (tertiary alicyclic amines) is 1. The number of piperidine rings is 1. The zero-order valence-electron chi connectivity index (χ0n) is 18.4. The highest BCUT2D eigenvalue weighted by Gasteiger charge is 2.33. The van der Waals surface area contributed by atoms with Crippen LogP contribution >= 0.6 is 0 Å². The fourth-order valence-corrected chi connectivity index (χ4v) is 4.91. The molecule has 5 rings (SSSR count). The third-order valence-corrected chi connectivity index (χ3v) is 6.59. The van der Waals surface area contributed by atoms with Crippen molar-refractivity contribution in [3.63, 3.8) is 0 Å². The summed E-state index contributed by atoms with van der Waals surface area (Å²) in [5.74, 6) is -1.61. The number of hydrogen-bond acceptors (Lipinski definition) is 6. The van der Waals surface area contributed by atoms with Crippen molar-refractivity contribution < 1.29 is 27.4 Å². The lowest BCUT2D eigenvalue weighted by atomic mass is 10.00. The molecule has 0 unspecified atom stereocenters. The molecule has 0 saturated carbocycles. The van der Waals surface area contributed by atoms with Crippen molar-refractivity contribution in [2.45, 2.75) is 43.9 Å². The highest BCUT2D eigenvalue weighted by atomic mass is 19.4. The average molecular weight is 479 g/mol. The lowest BCUT2D eigenvalue weighted by Gasteiger charge is -2.40. The number of anilines is 1. The Morgan fingerprint density at radius 2 is 1.91 bits per heavy atom. The van der Waals surface area contributed by atoms with Gasteiger partial charge in [-0.25, -0.2) is 4.39 Å². The summed E-state index contributed by atoms with van der Waals surface area (Å²) in [6.07, 6.45) is 0.976. The Labute approximate surface area is 193 Å². The summed E-state index contributed by atoms with van der Waals surface area (Å²) >= 11 is 0. The van der Waals surface area contributed by atoms with Crippen LogP contribution in [-0.4, -0.2) is 63.0 Å². The molecule has 34 heavy (non-hydrogen) atoms. The van der Waals surface area contributed by atoms with E-state index in [1.165, 1.54) is 0 Å². The maximum absolute atomic E-state index is 14.7. The molecule has 2 aliphatic rings. The summed E-state index contributed by atoms with van der Waals surface area (Å²) < 4.78 is 60.8. The molecule has 2 aromatic heterocycles. The highest BCUT2D eigenvalue weighted by molar-refractivity contribution is 5.81. The first-order valence-corrected chi connectivity index (χ1v) is 11.3. The van der Waals surface area contributed by atoms with E-state index < -0.39 is 28.9 Å². The number of fused-ring (bicyclic) bond motifs is 1. The van der Waals surface area contributed by atoms with Gasteiger partial charge in [0.25, 0.3) is 0 Å². The van der Waals surface area contributed by atoms with Gasteiger partial charge in [-0.3, -0.25) is 9.30 Å². The standard InChI is InChI=1S/C23H25F4N5O2/c24-17-11-14(23(25,26)27)12-19(33)20(17)21-18-4-2-8-32(18)22(30-29-21)28-15-3-1-7-31(13-15)16-5-9-34-10-6-16/h2,4,8,11-12,15-16,33H,1,3,5-7,9-10,13H2,(H,28,30)/t15-/m1/s1. The normalized spacial score (nSPS) is 20.6. The molecule has 1 atom stereocenters. The van der Waals surface area contributed by atoms with Crippen molar-refractivity contribution in [2.75, 3.05) is 31.6 Å². The second-order valence-electron chi connectivity index (χ2n) is 8.81. The number of ether oxygens (including phenoxy) is 1. The largest absolute Gasteiger partial charge is 0.507 e. The van der Waals surface area contributed by atoms with Crippen LogP contribution in [0.4, 0.5) is 23.5 Å². The van der Waals surface area contributed by atoms with Gasteiger partial charge in [0.15, 0.2) is 0 Å². The zero-order chi connectivity index (χ0) is 23.9. The Balaban J connectivity index is 1.42. The molecule has 0 bridgehead atoms. The fraction of sp³-hybridized carbons (Fsp3) is 0.478. The first-order valence-electron chi connectivity index (χ1n) is 11.3. The van der Waals surface area contributed by atoms with Crippen LogP contribution in [0.2, 0.25) is 0 Å². The topological polar surface area (TPSA) is 74.9 Å². The fourth-order valence-electron chi connectivity index (χ4n) is 4.91. The van der Waals surface area contributed by atoms with Gasteiger partial charge in [0.05, 0.1) is 16.6 Å². The highest BCUT2D eigenvalue weighted by Crippen LogP contribution is 2.39.